The molecule has 25 heavy (non-hydrogen) atoms. The Labute approximate surface area is 153 Å². The minimum absolute atomic E-state index is 0.569. The van der Waals surface area contributed by atoms with Gasteiger partial charge in [-0.15, -0.1) is 0 Å². The summed E-state index contributed by atoms with van der Waals surface area (Å²) in [7, 11) is 4.86. The van der Waals surface area contributed by atoms with Gasteiger partial charge in [0.15, 0.2) is 16.6 Å². The van der Waals surface area contributed by atoms with E-state index in [9.17, 15) is 0 Å². The van der Waals surface area contributed by atoms with Crippen molar-refractivity contribution in [3.8, 4) is 17.4 Å². The molecule has 2 aromatic rings. The monoisotopic (exact) mass is 361 g/mol. The van der Waals surface area contributed by atoms with Gasteiger partial charge in [-0.25, -0.2) is 4.98 Å². The molecule has 2 N–H and O–H groups in total. The summed E-state index contributed by atoms with van der Waals surface area (Å²) in [5, 5.41) is 6.85. The van der Waals surface area contributed by atoms with E-state index in [2.05, 4.69) is 15.6 Å². The fourth-order valence-electron chi connectivity index (χ4n) is 2.28. The average molecular weight is 361 g/mol. The van der Waals surface area contributed by atoms with Crippen LogP contribution < -0.4 is 24.8 Å². The van der Waals surface area contributed by atoms with Crippen LogP contribution in [0.15, 0.2) is 36.5 Å². The second kappa shape index (κ2) is 9.68. The molecule has 1 aromatic heterocycles. The number of thiocarbonyl (C=S) groups is 1. The topological polar surface area (TPSA) is 64.6 Å². The van der Waals surface area contributed by atoms with Crippen molar-refractivity contribution in [2.75, 3.05) is 33.2 Å². The number of rotatable bonds is 8. The molecule has 0 saturated carbocycles. The molecule has 0 atom stereocenters. The highest BCUT2D eigenvalue weighted by Crippen LogP contribution is 2.27. The lowest BCUT2D eigenvalue weighted by atomic mass is 10.1. The van der Waals surface area contributed by atoms with Crippen LogP contribution in [0.3, 0.4) is 0 Å². The predicted octanol–water partition coefficient (Wildman–Crippen LogP) is 3.03. The molecule has 134 valence electrons. The van der Waals surface area contributed by atoms with Gasteiger partial charge in [0, 0.05) is 12.6 Å². The van der Waals surface area contributed by atoms with Crippen LogP contribution in [0, 0.1) is 0 Å². The molecule has 1 heterocycles. The van der Waals surface area contributed by atoms with Crippen molar-refractivity contribution in [3.63, 3.8) is 0 Å². The highest BCUT2D eigenvalue weighted by atomic mass is 32.1. The summed E-state index contributed by atoms with van der Waals surface area (Å²) in [4.78, 5) is 4.12. The Bertz CT molecular complexity index is 692. The number of nitrogens with one attached hydrogen (secondary N) is 2. The van der Waals surface area contributed by atoms with E-state index < -0.39 is 0 Å². The Morgan fingerprint density at radius 2 is 1.84 bits per heavy atom. The van der Waals surface area contributed by atoms with Gasteiger partial charge in [-0.1, -0.05) is 6.07 Å². The minimum Gasteiger partial charge on any atom is -0.493 e. The van der Waals surface area contributed by atoms with E-state index in [0.717, 1.165) is 36.6 Å². The quantitative estimate of drug-likeness (QED) is 0.553. The van der Waals surface area contributed by atoms with E-state index in [4.69, 9.17) is 26.4 Å². The van der Waals surface area contributed by atoms with E-state index in [0.29, 0.717) is 11.0 Å². The Hall–Kier alpha value is -2.54. The zero-order valence-corrected chi connectivity index (χ0v) is 15.5. The van der Waals surface area contributed by atoms with Gasteiger partial charge >= 0.3 is 0 Å². The molecule has 0 saturated heterocycles. The van der Waals surface area contributed by atoms with E-state index in [-0.39, 0.29) is 0 Å². The standard InChI is InChI=1S/C18H23N3O3S/c1-22-15-8-6-13(11-16(15)23-2)5-4-10-19-18(25)21-14-7-9-17(24-3)20-12-14/h6-9,11-12H,4-5,10H2,1-3H3,(H2,19,21,25). The maximum atomic E-state index is 5.32. The molecule has 0 fully saturated rings. The van der Waals surface area contributed by atoms with Gasteiger partial charge in [-0.05, 0) is 48.8 Å². The summed E-state index contributed by atoms with van der Waals surface area (Å²) in [6, 6.07) is 9.61. The van der Waals surface area contributed by atoms with Crippen LogP contribution in [-0.4, -0.2) is 38.0 Å². The first-order valence-electron chi connectivity index (χ1n) is 7.92. The summed E-state index contributed by atoms with van der Waals surface area (Å²) in [5.41, 5.74) is 2.01. The van der Waals surface area contributed by atoms with Gasteiger partial charge in [0.2, 0.25) is 5.88 Å². The van der Waals surface area contributed by atoms with Crippen LogP contribution in [0.25, 0.3) is 0 Å². The molecule has 0 bridgehead atoms. The molecule has 0 unspecified atom stereocenters. The van der Waals surface area contributed by atoms with Gasteiger partial charge in [-0.3, -0.25) is 0 Å². The van der Waals surface area contributed by atoms with Crippen LogP contribution in [0.1, 0.15) is 12.0 Å². The Balaban J connectivity index is 1.74. The van der Waals surface area contributed by atoms with Crippen molar-refractivity contribution >= 4 is 23.0 Å². The second-order valence-corrected chi connectivity index (χ2v) is 5.67. The summed E-state index contributed by atoms with van der Waals surface area (Å²) in [5.74, 6) is 2.05. The number of hydrogen-bond acceptors (Lipinski definition) is 5. The van der Waals surface area contributed by atoms with Crippen LogP contribution in [0.5, 0.6) is 17.4 Å². The zero-order chi connectivity index (χ0) is 18.1. The van der Waals surface area contributed by atoms with Crippen LogP contribution in [-0.2, 0) is 6.42 Å². The maximum Gasteiger partial charge on any atom is 0.213 e. The lowest BCUT2D eigenvalue weighted by Crippen LogP contribution is -2.29. The molecule has 0 radical (unpaired) electrons. The van der Waals surface area contributed by atoms with Crippen molar-refractivity contribution in [1.82, 2.24) is 10.3 Å². The predicted molar refractivity (Wildman–Crippen MR) is 103 cm³/mol. The number of methoxy groups -OCH3 is 3. The summed E-state index contributed by atoms with van der Waals surface area (Å²) in [6.07, 6.45) is 3.54. The van der Waals surface area contributed by atoms with E-state index in [1.165, 1.54) is 5.56 Å². The molecule has 0 aliphatic carbocycles. The van der Waals surface area contributed by atoms with Crippen molar-refractivity contribution < 1.29 is 14.2 Å². The normalized spacial score (nSPS) is 10.0. The first-order chi connectivity index (χ1) is 12.2. The fraction of sp³-hybridized carbons (Fsp3) is 0.333. The Kier molecular flexibility index (Phi) is 7.28. The van der Waals surface area contributed by atoms with Gasteiger partial charge in [0.05, 0.1) is 33.2 Å². The van der Waals surface area contributed by atoms with Crippen molar-refractivity contribution in [3.05, 3.63) is 42.1 Å². The highest BCUT2D eigenvalue weighted by Gasteiger charge is 2.04. The molecular formula is C18H23N3O3S. The molecule has 1 aromatic carbocycles. The number of aryl methyl sites for hydroxylation is 1. The van der Waals surface area contributed by atoms with Gasteiger partial charge in [0.25, 0.3) is 0 Å². The summed E-state index contributed by atoms with van der Waals surface area (Å²) < 4.78 is 15.6. The van der Waals surface area contributed by atoms with Gasteiger partial charge in [0.1, 0.15) is 0 Å². The molecule has 0 aliphatic heterocycles. The van der Waals surface area contributed by atoms with Crippen LogP contribution >= 0.6 is 12.2 Å². The minimum atomic E-state index is 0.569. The maximum absolute atomic E-state index is 5.32. The number of hydrogen-bond donors (Lipinski definition) is 2. The molecular weight excluding hydrogens is 338 g/mol. The van der Waals surface area contributed by atoms with Gasteiger partial charge < -0.3 is 24.8 Å². The first-order valence-corrected chi connectivity index (χ1v) is 8.33. The number of nitrogens with zero attached hydrogens (tertiary/aromatic N) is 1. The number of benzene rings is 1. The van der Waals surface area contributed by atoms with E-state index in [1.807, 2.05) is 24.3 Å². The fourth-order valence-corrected chi connectivity index (χ4v) is 2.50. The first kappa shape index (κ1) is 18.8. The average Bonchev–Trinajstić information content (AvgIpc) is 2.65. The number of anilines is 1. The number of aromatic nitrogens is 1. The van der Waals surface area contributed by atoms with Crippen molar-refractivity contribution in [2.24, 2.45) is 0 Å². The second-order valence-electron chi connectivity index (χ2n) is 5.26. The molecule has 0 aliphatic rings. The lowest BCUT2D eigenvalue weighted by molar-refractivity contribution is 0.354. The Morgan fingerprint density at radius 1 is 1.04 bits per heavy atom. The molecule has 6 nitrogen and oxygen atoms in total. The third-order valence-electron chi connectivity index (χ3n) is 3.58. The van der Waals surface area contributed by atoms with Gasteiger partial charge in [-0.2, -0.15) is 0 Å². The zero-order valence-electron chi connectivity index (χ0n) is 14.7. The smallest absolute Gasteiger partial charge is 0.213 e. The summed E-state index contributed by atoms with van der Waals surface area (Å²) >= 11 is 5.28. The van der Waals surface area contributed by atoms with Crippen molar-refractivity contribution in [1.29, 1.82) is 0 Å². The van der Waals surface area contributed by atoms with E-state index >= 15 is 0 Å². The third-order valence-corrected chi connectivity index (χ3v) is 3.83. The number of ether oxygens (including phenoxy) is 3. The van der Waals surface area contributed by atoms with Crippen molar-refractivity contribution in [2.45, 2.75) is 12.8 Å². The van der Waals surface area contributed by atoms with Crippen LogP contribution in [0.2, 0.25) is 0 Å². The molecule has 0 spiro atoms. The molecule has 2 rings (SSSR count). The highest BCUT2D eigenvalue weighted by molar-refractivity contribution is 7.80. The summed E-state index contributed by atoms with van der Waals surface area (Å²) in [6.45, 7) is 0.768. The molecule has 0 amide bonds. The third kappa shape index (κ3) is 5.79. The largest absolute Gasteiger partial charge is 0.493 e. The Morgan fingerprint density at radius 3 is 2.48 bits per heavy atom. The number of pyridine rings is 1. The lowest BCUT2D eigenvalue weighted by Gasteiger charge is -2.11. The van der Waals surface area contributed by atoms with Crippen LogP contribution in [0.4, 0.5) is 5.69 Å². The SMILES string of the molecule is COc1ccc(NC(=S)NCCCc2ccc(OC)c(OC)c2)cn1. The molecule has 7 heteroatoms. The van der Waals surface area contributed by atoms with E-state index in [1.54, 1.807) is 33.6 Å².